The lowest BCUT2D eigenvalue weighted by Gasteiger charge is -2.17. The minimum Gasteiger partial charge on any atom is -0.494 e. The van der Waals surface area contributed by atoms with Crippen LogP contribution in [0.2, 0.25) is 0 Å². The normalized spacial score (nSPS) is 11.5. The Morgan fingerprint density at radius 3 is 2.50 bits per heavy atom. The molecular formula is C34H36N6O4. The van der Waals surface area contributed by atoms with Gasteiger partial charge < -0.3 is 25.0 Å². The van der Waals surface area contributed by atoms with Gasteiger partial charge in [0, 0.05) is 47.5 Å². The molecule has 2 heterocycles. The van der Waals surface area contributed by atoms with Gasteiger partial charge in [-0.15, -0.1) is 0 Å². The Hall–Kier alpha value is -5.22. The van der Waals surface area contributed by atoms with Crippen molar-refractivity contribution in [2.45, 2.75) is 20.8 Å². The van der Waals surface area contributed by atoms with E-state index in [9.17, 15) is 14.7 Å². The highest BCUT2D eigenvalue weighted by molar-refractivity contribution is 6.13. The van der Waals surface area contributed by atoms with Crippen molar-refractivity contribution >= 4 is 40.2 Å². The van der Waals surface area contributed by atoms with Gasteiger partial charge in [-0.25, -0.2) is 0 Å². The molecule has 0 unspecified atom stereocenters. The third-order valence-corrected chi connectivity index (χ3v) is 7.45. The molecule has 10 nitrogen and oxygen atoms in total. The molecule has 10 heteroatoms. The van der Waals surface area contributed by atoms with Crippen LogP contribution in [0.5, 0.6) is 11.6 Å². The molecule has 0 atom stereocenters. The zero-order valence-electron chi connectivity index (χ0n) is 25.3. The maximum Gasteiger partial charge on any atom is 0.273 e. The Bertz CT molecular complexity index is 1820. The monoisotopic (exact) mass is 592 g/mol. The zero-order chi connectivity index (χ0) is 31.2. The molecule has 0 saturated heterocycles. The topological polar surface area (TPSA) is 125 Å². The van der Waals surface area contributed by atoms with Crippen LogP contribution in [0.25, 0.3) is 10.9 Å². The predicted octanol–water partition coefficient (Wildman–Crippen LogP) is 5.87. The van der Waals surface area contributed by atoms with Crippen molar-refractivity contribution < 1.29 is 19.4 Å². The van der Waals surface area contributed by atoms with Crippen LogP contribution in [0.1, 0.15) is 51.5 Å². The first-order valence-corrected chi connectivity index (χ1v) is 14.6. The number of aromatic amines is 1. The third-order valence-electron chi connectivity index (χ3n) is 7.45. The number of rotatable bonds is 12. The molecule has 0 saturated carbocycles. The maximum atomic E-state index is 13.4. The standard InChI is InChI=1S/C34H36N6O4/c1-5-40(6-2)16-17-44-27-13-11-25(12-14-27)35-21-29-28-15-10-24(20-30(28)37-33(29)42)32(41)23-8-7-9-26(19-23)36-34(43)31-18-22(3)38-39(31)4/h7-15,18-21,37,42H,5-6,16-17H2,1-4H3,(H,36,43). The number of nitrogens with zero attached hydrogens (tertiary/aromatic N) is 4. The van der Waals surface area contributed by atoms with Gasteiger partial charge >= 0.3 is 0 Å². The minimum absolute atomic E-state index is 0.0418. The van der Waals surface area contributed by atoms with E-state index in [-0.39, 0.29) is 17.6 Å². The van der Waals surface area contributed by atoms with E-state index in [0.717, 1.165) is 36.5 Å². The van der Waals surface area contributed by atoms with E-state index in [0.29, 0.717) is 45.9 Å². The number of hydrogen-bond donors (Lipinski definition) is 3. The number of H-pyrrole nitrogens is 1. The van der Waals surface area contributed by atoms with E-state index in [1.54, 1.807) is 61.8 Å². The second-order valence-corrected chi connectivity index (χ2v) is 10.4. The summed E-state index contributed by atoms with van der Waals surface area (Å²) in [6, 6.07) is 21.1. The lowest BCUT2D eigenvalue weighted by molar-refractivity contribution is 0.101. The van der Waals surface area contributed by atoms with E-state index >= 15 is 0 Å². The first kappa shape index (κ1) is 30.2. The second kappa shape index (κ2) is 13.4. The number of ketones is 1. The number of carbonyl (C=O) groups excluding carboxylic acids is 2. The van der Waals surface area contributed by atoms with Gasteiger partial charge in [0.05, 0.1) is 16.9 Å². The van der Waals surface area contributed by atoms with Gasteiger partial charge in [-0.2, -0.15) is 5.10 Å². The fourth-order valence-electron chi connectivity index (χ4n) is 5.00. The fraction of sp³-hybridized carbons (Fsp3) is 0.235. The fourth-order valence-corrected chi connectivity index (χ4v) is 5.00. The van der Waals surface area contributed by atoms with Gasteiger partial charge in [-0.05, 0) is 68.5 Å². The molecular weight excluding hydrogens is 556 g/mol. The quantitative estimate of drug-likeness (QED) is 0.123. The summed E-state index contributed by atoms with van der Waals surface area (Å²) in [6.07, 6.45) is 1.60. The molecule has 0 spiro atoms. The van der Waals surface area contributed by atoms with Crippen molar-refractivity contribution in [3.05, 3.63) is 101 Å². The number of likely N-dealkylation sites (N-methyl/N-ethyl adjacent to an activating group) is 1. The van der Waals surface area contributed by atoms with Crippen LogP contribution in [0.4, 0.5) is 11.4 Å². The number of nitrogens with one attached hydrogen (secondary N) is 2. The van der Waals surface area contributed by atoms with Crippen LogP contribution in [0.15, 0.2) is 77.8 Å². The lowest BCUT2D eigenvalue weighted by Crippen LogP contribution is -2.27. The highest BCUT2D eigenvalue weighted by atomic mass is 16.5. The molecule has 0 radical (unpaired) electrons. The van der Waals surface area contributed by atoms with Crippen molar-refractivity contribution in [2.75, 3.05) is 31.6 Å². The predicted molar refractivity (Wildman–Crippen MR) is 173 cm³/mol. The number of aryl methyl sites for hydroxylation is 2. The summed E-state index contributed by atoms with van der Waals surface area (Å²) in [4.78, 5) is 35.9. The van der Waals surface area contributed by atoms with Crippen LogP contribution < -0.4 is 10.1 Å². The number of carbonyl (C=O) groups is 2. The van der Waals surface area contributed by atoms with E-state index in [2.05, 4.69) is 39.1 Å². The van der Waals surface area contributed by atoms with Crippen LogP contribution in [-0.2, 0) is 7.05 Å². The average Bonchev–Trinajstić information content (AvgIpc) is 3.54. The number of fused-ring (bicyclic) bond motifs is 1. The van der Waals surface area contributed by atoms with Crippen molar-refractivity contribution in [2.24, 2.45) is 12.0 Å². The largest absolute Gasteiger partial charge is 0.494 e. The van der Waals surface area contributed by atoms with Gasteiger partial charge in [0.2, 0.25) is 0 Å². The zero-order valence-corrected chi connectivity index (χ0v) is 25.3. The van der Waals surface area contributed by atoms with Gasteiger partial charge in [-0.1, -0.05) is 38.1 Å². The Balaban J connectivity index is 1.27. The number of aliphatic imine (C=N–C) groups is 1. The van der Waals surface area contributed by atoms with Crippen LogP contribution in [-0.4, -0.2) is 68.9 Å². The van der Waals surface area contributed by atoms with Crippen LogP contribution in [0.3, 0.4) is 0 Å². The van der Waals surface area contributed by atoms with E-state index < -0.39 is 0 Å². The smallest absolute Gasteiger partial charge is 0.273 e. The summed E-state index contributed by atoms with van der Waals surface area (Å²) in [5.74, 6) is 0.202. The lowest BCUT2D eigenvalue weighted by atomic mass is 10.0. The summed E-state index contributed by atoms with van der Waals surface area (Å²) in [5.41, 5.74) is 4.34. The highest BCUT2D eigenvalue weighted by Crippen LogP contribution is 2.28. The van der Waals surface area contributed by atoms with E-state index in [4.69, 9.17) is 4.74 Å². The Morgan fingerprint density at radius 2 is 1.80 bits per heavy atom. The van der Waals surface area contributed by atoms with Gasteiger partial charge in [0.25, 0.3) is 5.91 Å². The Morgan fingerprint density at radius 1 is 1.05 bits per heavy atom. The molecule has 0 aliphatic heterocycles. The second-order valence-electron chi connectivity index (χ2n) is 10.4. The molecule has 1 amide bonds. The van der Waals surface area contributed by atoms with Crippen molar-refractivity contribution in [3.8, 4) is 11.6 Å². The summed E-state index contributed by atoms with van der Waals surface area (Å²) >= 11 is 0. The molecule has 226 valence electrons. The van der Waals surface area contributed by atoms with Crippen molar-refractivity contribution in [1.29, 1.82) is 0 Å². The molecule has 3 N–H and O–H groups in total. The summed E-state index contributed by atoms with van der Waals surface area (Å²) in [5, 5.41) is 18.4. The van der Waals surface area contributed by atoms with Gasteiger partial charge in [0.15, 0.2) is 11.7 Å². The summed E-state index contributed by atoms with van der Waals surface area (Å²) < 4.78 is 7.36. The molecule has 3 aromatic carbocycles. The number of benzene rings is 3. The summed E-state index contributed by atoms with van der Waals surface area (Å²) in [7, 11) is 1.70. The molecule has 44 heavy (non-hydrogen) atoms. The van der Waals surface area contributed by atoms with Gasteiger partial charge in [0.1, 0.15) is 18.1 Å². The Kier molecular flexibility index (Phi) is 9.20. The van der Waals surface area contributed by atoms with Crippen molar-refractivity contribution in [3.63, 3.8) is 0 Å². The number of hydrogen-bond acceptors (Lipinski definition) is 7. The van der Waals surface area contributed by atoms with Crippen LogP contribution in [0, 0.1) is 6.92 Å². The highest BCUT2D eigenvalue weighted by Gasteiger charge is 2.16. The molecule has 5 rings (SSSR count). The molecule has 0 bridgehead atoms. The molecule has 0 aliphatic rings. The van der Waals surface area contributed by atoms with E-state index in [1.807, 2.05) is 31.2 Å². The number of amides is 1. The van der Waals surface area contributed by atoms with Crippen molar-refractivity contribution in [1.82, 2.24) is 19.7 Å². The number of aromatic hydroxyl groups is 1. The molecule has 0 aliphatic carbocycles. The minimum atomic E-state index is -0.315. The number of anilines is 1. The van der Waals surface area contributed by atoms with Gasteiger partial charge in [-0.3, -0.25) is 19.3 Å². The first-order chi connectivity index (χ1) is 21.2. The number of ether oxygens (including phenoxy) is 1. The number of aromatic nitrogens is 3. The van der Waals surface area contributed by atoms with Crippen LogP contribution >= 0.6 is 0 Å². The molecule has 5 aromatic rings. The van der Waals surface area contributed by atoms with E-state index in [1.165, 1.54) is 4.68 Å². The molecule has 2 aromatic heterocycles. The molecule has 0 fully saturated rings. The summed E-state index contributed by atoms with van der Waals surface area (Å²) in [6.45, 7) is 9.56. The Labute approximate surface area is 256 Å². The SMILES string of the molecule is CCN(CC)CCOc1ccc(N=Cc2c(O)[nH]c3cc(C(=O)c4cccc(NC(=O)c5cc(C)nn5C)c4)ccc23)cc1. The first-order valence-electron chi connectivity index (χ1n) is 14.6. The average molecular weight is 593 g/mol. The maximum absolute atomic E-state index is 13.4. The third kappa shape index (κ3) is 6.87.